The summed E-state index contributed by atoms with van der Waals surface area (Å²) in [6.45, 7) is 2.46. The monoisotopic (exact) mass is 383 g/mol. The molecule has 136 valence electrons. The van der Waals surface area contributed by atoms with Gasteiger partial charge in [-0.05, 0) is 62.2 Å². The second-order valence-electron chi connectivity index (χ2n) is 6.28. The Morgan fingerprint density at radius 1 is 0.960 bits per heavy atom. The van der Waals surface area contributed by atoms with Gasteiger partial charge in [-0.25, -0.2) is 12.8 Å². The van der Waals surface area contributed by atoms with Crippen molar-refractivity contribution in [3.8, 4) is 0 Å². The van der Waals surface area contributed by atoms with Crippen molar-refractivity contribution >= 4 is 22.2 Å². The smallest absolute Gasteiger partial charge is 0.181 e. The lowest BCUT2D eigenvalue weighted by Crippen LogP contribution is -2.40. The highest BCUT2D eigenvalue weighted by atomic mass is 35.5. The van der Waals surface area contributed by atoms with Gasteiger partial charge >= 0.3 is 0 Å². The van der Waals surface area contributed by atoms with E-state index in [-0.39, 0.29) is 23.5 Å². The molecule has 6 heteroatoms. The molecule has 1 heterocycles. The molecule has 2 aromatic rings. The number of hydrogen-bond donors (Lipinski definition) is 0. The molecule has 3 rings (SSSR count). The minimum atomic E-state index is -3.23. The van der Waals surface area contributed by atoms with Crippen molar-refractivity contribution in [3.63, 3.8) is 0 Å². The van der Waals surface area contributed by atoms with E-state index < -0.39 is 9.84 Å². The first-order valence-corrected chi connectivity index (χ1v) is 9.86. The molecular weight excluding hydrogens is 361 g/mol. The molecule has 25 heavy (non-hydrogen) atoms. The van der Waals surface area contributed by atoms with E-state index in [2.05, 4.69) is 4.90 Å². The summed E-state index contributed by atoms with van der Waals surface area (Å²) >= 11 is 0. The Hall–Kier alpha value is -1.43. The number of nitrogens with zero attached hydrogens (tertiary/aromatic N) is 1. The fourth-order valence-corrected chi connectivity index (χ4v) is 4.94. The Kier molecular flexibility index (Phi) is 6.99. The molecule has 3 nitrogen and oxygen atoms in total. The van der Waals surface area contributed by atoms with Crippen LogP contribution in [0, 0.1) is 5.82 Å². The minimum Gasteiger partial charge on any atom is -0.303 e. The van der Waals surface area contributed by atoms with Crippen LogP contribution in [0.4, 0.5) is 4.39 Å². The Balaban J connectivity index is 0.00000225. The van der Waals surface area contributed by atoms with Crippen LogP contribution in [0.3, 0.4) is 0 Å². The molecule has 0 amide bonds. The first-order valence-electron chi connectivity index (χ1n) is 8.31. The SMILES string of the molecule is Cl.O=S(=O)(c1ccccc1)C1CCN(CCc2ccc(F)cc2)CC1. The molecule has 0 unspecified atom stereocenters. The van der Waals surface area contributed by atoms with Crippen LogP contribution in [-0.2, 0) is 16.3 Å². The number of hydrogen-bond acceptors (Lipinski definition) is 3. The standard InChI is InChI=1S/C19H22FNO2S.ClH/c20-17-8-6-16(7-9-17)10-13-21-14-11-19(12-15-21)24(22,23)18-4-2-1-3-5-18;/h1-9,19H,10-15H2;1H. The highest BCUT2D eigenvalue weighted by molar-refractivity contribution is 7.92. The van der Waals surface area contributed by atoms with Crippen molar-refractivity contribution in [2.45, 2.75) is 29.4 Å². The van der Waals surface area contributed by atoms with Crippen LogP contribution >= 0.6 is 12.4 Å². The van der Waals surface area contributed by atoms with Crippen molar-refractivity contribution in [2.24, 2.45) is 0 Å². The fraction of sp³-hybridized carbons (Fsp3) is 0.368. The molecule has 0 atom stereocenters. The molecule has 0 bridgehead atoms. The summed E-state index contributed by atoms with van der Waals surface area (Å²) in [5.41, 5.74) is 1.11. The van der Waals surface area contributed by atoms with Gasteiger partial charge in [0.15, 0.2) is 9.84 Å². The topological polar surface area (TPSA) is 37.4 Å². The Morgan fingerprint density at radius 2 is 1.56 bits per heavy atom. The highest BCUT2D eigenvalue weighted by Gasteiger charge is 2.30. The van der Waals surface area contributed by atoms with E-state index in [0.717, 1.165) is 31.6 Å². The third kappa shape index (κ3) is 5.03. The number of rotatable bonds is 5. The number of benzene rings is 2. The molecule has 0 spiro atoms. The number of halogens is 2. The molecule has 1 fully saturated rings. The normalized spacial score (nSPS) is 16.4. The average molecular weight is 384 g/mol. The largest absolute Gasteiger partial charge is 0.303 e. The number of likely N-dealkylation sites (tertiary alicyclic amines) is 1. The Labute approximate surface area is 155 Å². The van der Waals surface area contributed by atoms with E-state index in [1.54, 1.807) is 24.3 Å². The molecule has 0 radical (unpaired) electrons. The molecular formula is C19H23ClFNO2S. The summed E-state index contributed by atoms with van der Waals surface area (Å²) in [6.07, 6.45) is 2.19. The Morgan fingerprint density at radius 3 is 2.16 bits per heavy atom. The fourth-order valence-electron chi connectivity index (χ4n) is 3.18. The summed E-state index contributed by atoms with van der Waals surface area (Å²) in [4.78, 5) is 2.72. The van der Waals surface area contributed by atoms with Crippen molar-refractivity contribution in [1.82, 2.24) is 4.90 Å². The van der Waals surface area contributed by atoms with E-state index in [1.807, 2.05) is 18.2 Å². The third-order valence-electron chi connectivity index (χ3n) is 4.68. The zero-order valence-electron chi connectivity index (χ0n) is 14.0. The van der Waals surface area contributed by atoms with E-state index in [0.29, 0.717) is 17.7 Å². The van der Waals surface area contributed by atoms with Crippen LogP contribution < -0.4 is 0 Å². The van der Waals surface area contributed by atoms with Crippen LogP contribution in [-0.4, -0.2) is 38.2 Å². The molecule has 0 aliphatic carbocycles. The third-order valence-corrected chi connectivity index (χ3v) is 6.95. The molecule has 0 saturated carbocycles. The van der Waals surface area contributed by atoms with Gasteiger partial charge in [-0.2, -0.15) is 0 Å². The lowest BCUT2D eigenvalue weighted by atomic mass is 10.1. The van der Waals surface area contributed by atoms with E-state index in [9.17, 15) is 12.8 Å². The van der Waals surface area contributed by atoms with Gasteiger partial charge in [0.1, 0.15) is 5.82 Å². The van der Waals surface area contributed by atoms with Crippen molar-refractivity contribution < 1.29 is 12.8 Å². The first-order chi connectivity index (χ1) is 11.6. The minimum absolute atomic E-state index is 0. The lowest BCUT2D eigenvalue weighted by molar-refractivity contribution is 0.232. The molecule has 0 N–H and O–H groups in total. The average Bonchev–Trinajstić information content (AvgIpc) is 2.62. The number of piperidine rings is 1. The molecule has 1 aliphatic rings. The summed E-state index contributed by atoms with van der Waals surface area (Å²) in [7, 11) is -3.23. The molecule has 1 saturated heterocycles. The summed E-state index contributed by atoms with van der Waals surface area (Å²) in [5.74, 6) is -0.217. The van der Waals surface area contributed by atoms with E-state index >= 15 is 0 Å². The Bertz CT molecular complexity index is 758. The van der Waals surface area contributed by atoms with Gasteiger partial charge in [-0.15, -0.1) is 12.4 Å². The van der Waals surface area contributed by atoms with Gasteiger partial charge in [0.2, 0.25) is 0 Å². The zero-order valence-corrected chi connectivity index (χ0v) is 15.6. The van der Waals surface area contributed by atoms with Gasteiger partial charge in [-0.1, -0.05) is 30.3 Å². The van der Waals surface area contributed by atoms with Crippen molar-refractivity contribution in [3.05, 3.63) is 66.0 Å². The van der Waals surface area contributed by atoms with Crippen LogP contribution in [0.2, 0.25) is 0 Å². The molecule has 0 aromatic heterocycles. The maximum absolute atomic E-state index is 12.9. The van der Waals surface area contributed by atoms with Gasteiger partial charge in [0.25, 0.3) is 0 Å². The van der Waals surface area contributed by atoms with E-state index in [1.165, 1.54) is 12.1 Å². The summed E-state index contributed by atoms with van der Waals surface area (Å²) < 4.78 is 38.2. The zero-order chi connectivity index (χ0) is 17.0. The second kappa shape index (κ2) is 8.79. The lowest BCUT2D eigenvalue weighted by Gasteiger charge is -2.31. The van der Waals surface area contributed by atoms with Gasteiger partial charge in [-0.3, -0.25) is 0 Å². The first kappa shape index (κ1) is 19.9. The van der Waals surface area contributed by atoms with Crippen LogP contribution in [0.25, 0.3) is 0 Å². The van der Waals surface area contributed by atoms with Crippen molar-refractivity contribution in [2.75, 3.05) is 19.6 Å². The van der Waals surface area contributed by atoms with Crippen molar-refractivity contribution in [1.29, 1.82) is 0 Å². The predicted octanol–water partition coefficient (Wildman–Crippen LogP) is 3.73. The predicted molar refractivity (Wildman–Crippen MR) is 100 cm³/mol. The quantitative estimate of drug-likeness (QED) is 0.789. The summed E-state index contributed by atoms with van der Waals surface area (Å²) in [6, 6.07) is 15.3. The van der Waals surface area contributed by atoms with Gasteiger partial charge < -0.3 is 4.90 Å². The van der Waals surface area contributed by atoms with Crippen LogP contribution in [0.15, 0.2) is 59.5 Å². The van der Waals surface area contributed by atoms with Crippen LogP contribution in [0.5, 0.6) is 0 Å². The molecule has 1 aliphatic heterocycles. The van der Waals surface area contributed by atoms with Crippen LogP contribution in [0.1, 0.15) is 18.4 Å². The maximum atomic E-state index is 12.9. The van der Waals surface area contributed by atoms with Gasteiger partial charge in [0.05, 0.1) is 10.1 Å². The maximum Gasteiger partial charge on any atom is 0.181 e. The summed E-state index contributed by atoms with van der Waals surface area (Å²) in [5, 5.41) is -0.290. The van der Waals surface area contributed by atoms with E-state index in [4.69, 9.17) is 0 Å². The number of sulfone groups is 1. The highest BCUT2D eigenvalue weighted by Crippen LogP contribution is 2.24. The van der Waals surface area contributed by atoms with Gasteiger partial charge in [0, 0.05) is 6.54 Å². The second-order valence-corrected chi connectivity index (χ2v) is 8.50. The molecule has 2 aromatic carbocycles.